The summed E-state index contributed by atoms with van der Waals surface area (Å²) in [6.45, 7) is 2.92. The maximum Gasteiger partial charge on any atom is 0.416 e. The van der Waals surface area contributed by atoms with Crippen molar-refractivity contribution in [3.63, 3.8) is 0 Å². The standard InChI is InChI=1S/C19H16F3NO2/c1-11(24)18(2)16(14-5-3-4-6-15(14)17(18)25)23-13-9-7-12(8-10-13)19(20,21)22/h3-10,16,23H,1-2H3/t16-,18-/m1/s1. The zero-order valence-corrected chi connectivity index (χ0v) is 13.6. The number of carbonyl (C=O) groups excluding carboxylic acids is 2. The zero-order valence-electron chi connectivity index (χ0n) is 13.6. The normalized spacial score (nSPS) is 22.6. The molecule has 1 aliphatic carbocycles. The van der Waals surface area contributed by atoms with Crippen LogP contribution in [-0.2, 0) is 11.0 Å². The van der Waals surface area contributed by atoms with Gasteiger partial charge in [-0.1, -0.05) is 24.3 Å². The number of halogens is 3. The van der Waals surface area contributed by atoms with E-state index in [1.54, 1.807) is 31.2 Å². The number of rotatable bonds is 3. The number of carbonyl (C=O) groups is 2. The van der Waals surface area contributed by atoms with E-state index in [2.05, 4.69) is 5.32 Å². The number of hydrogen-bond acceptors (Lipinski definition) is 3. The molecule has 0 spiro atoms. The van der Waals surface area contributed by atoms with Crippen molar-refractivity contribution < 1.29 is 22.8 Å². The molecular formula is C19H16F3NO2. The molecule has 0 unspecified atom stereocenters. The van der Waals surface area contributed by atoms with E-state index >= 15 is 0 Å². The minimum Gasteiger partial charge on any atom is -0.377 e. The van der Waals surface area contributed by atoms with Crippen molar-refractivity contribution in [2.75, 3.05) is 5.32 Å². The van der Waals surface area contributed by atoms with Crippen molar-refractivity contribution in [2.45, 2.75) is 26.1 Å². The van der Waals surface area contributed by atoms with Gasteiger partial charge in [-0.25, -0.2) is 0 Å². The summed E-state index contributed by atoms with van der Waals surface area (Å²) in [4.78, 5) is 25.0. The molecule has 25 heavy (non-hydrogen) atoms. The Hall–Kier alpha value is -2.63. The van der Waals surface area contributed by atoms with Crippen molar-refractivity contribution in [3.8, 4) is 0 Å². The van der Waals surface area contributed by atoms with E-state index in [0.29, 0.717) is 16.8 Å². The van der Waals surface area contributed by atoms with Crippen LogP contribution in [-0.4, -0.2) is 11.6 Å². The third-order valence-corrected chi connectivity index (χ3v) is 4.82. The minimum absolute atomic E-state index is 0.278. The highest BCUT2D eigenvalue weighted by atomic mass is 19.4. The van der Waals surface area contributed by atoms with Crippen molar-refractivity contribution >= 4 is 17.3 Å². The number of Topliss-reactive ketones (excluding diaryl/α,β-unsaturated/α-hetero) is 2. The summed E-state index contributed by atoms with van der Waals surface area (Å²) in [6, 6.07) is 10.8. The molecule has 6 heteroatoms. The van der Waals surface area contributed by atoms with E-state index in [0.717, 1.165) is 12.1 Å². The van der Waals surface area contributed by atoms with Crippen molar-refractivity contribution in [1.82, 2.24) is 0 Å². The lowest BCUT2D eigenvalue weighted by molar-refractivity contribution is -0.137. The van der Waals surface area contributed by atoms with E-state index in [1.807, 2.05) is 0 Å². The quantitative estimate of drug-likeness (QED) is 0.822. The number of alkyl halides is 3. The lowest BCUT2D eigenvalue weighted by Gasteiger charge is -2.29. The molecular weight excluding hydrogens is 331 g/mol. The summed E-state index contributed by atoms with van der Waals surface area (Å²) in [5, 5.41) is 3.07. The number of benzene rings is 2. The Labute approximate surface area is 142 Å². The molecule has 0 aliphatic heterocycles. The van der Waals surface area contributed by atoms with E-state index in [-0.39, 0.29) is 11.6 Å². The maximum absolute atomic E-state index is 12.7. The Balaban J connectivity index is 2.00. The third kappa shape index (κ3) is 2.71. The fourth-order valence-corrected chi connectivity index (χ4v) is 3.18. The second-order valence-electron chi connectivity index (χ2n) is 6.33. The summed E-state index contributed by atoms with van der Waals surface area (Å²) >= 11 is 0. The molecule has 0 heterocycles. The maximum atomic E-state index is 12.7. The average molecular weight is 347 g/mol. The van der Waals surface area contributed by atoms with Gasteiger partial charge in [0.15, 0.2) is 5.78 Å². The van der Waals surface area contributed by atoms with Gasteiger partial charge in [0.25, 0.3) is 0 Å². The summed E-state index contributed by atoms with van der Waals surface area (Å²) in [6.07, 6.45) is -4.41. The van der Waals surface area contributed by atoms with Gasteiger partial charge >= 0.3 is 6.18 Å². The monoisotopic (exact) mass is 347 g/mol. The van der Waals surface area contributed by atoms with Crippen LogP contribution in [0, 0.1) is 5.41 Å². The van der Waals surface area contributed by atoms with Gasteiger partial charge in [-0.2, -0.15) is 13.2 Å². The van der Waals surface area contributed by atoms with E-state index in [9.17, 15) is 22.8 Å². The molecule has 130 valence electrons. The lowest BCUT2D eigenvalue weighted by atomic mass is 9.78. The molecule has 0 fully saturated rings. The molecule has 1 aliphatic rings. The molecule has 2 aromatic rings. The van der Waals surface area contributed by atoms with Crippen LogP contribution in [0.3, 0.4) is 0 Å². The van der Waals surface area contributed by atoms with Gasteiger partial charge in [0, 0.05) is 11.3 Å². The first kappa shape index (κ1) is 17.2. The van der Waals surface area contributed by atoms with Gasteiger partial charge in [0.2, 0.25) is 0 Å². The fraction of sp³-hybridized carbons (Fsp3) is 0.263. The Bertz CT molecular complexity index is 842. The molecule has 3 nitrogen and oxygen atoms in total. The molecule has 1 N–H and O–H groups in total. The Morgan fingerprint density at radius 3 is 2.24 bits per heavy atom. The van der Waals surface area contributed by atoms with E-state index in [1.165, 1.54) is 19.1 Å². The lowest BCUT2D eigenvalue weighted by Crippen LogP contribution is -2.38. The molecule has 0 radical (unpaired) electrons. The highest BCUT2D eigenvalue weighted by Gasteiger charge is 2.53. The van der Waals surface area contributed by atoms with Crippen LogP contribution < -0.4 is 5.32 Å². The zero-order chi connectivity index (χ0) is 18.4. The molecule has 0 amide bonds. The molecule has 0 aromatic heterocycles. The van der Waals surface area contributed by atoms with Crippen LogP contribution >= 0.6 is 0 Å². The SMILES string of the molecule is CC(=O)[C@@]1(C)C(=O)c2ccccc2[C@H]1Nc1ccc(C(F)(F)F)cc1. The summed E-state index contributed by atoms with van der Waals surface area (Å²) < 4.78 is 38.1. The third-order valence-electron chi connectivity index (χ3n) is 4.82. The molecule has 0 saturated carbocycles. The van der Waals surface area contributed by atoms with Gasteiger partial charge in [0.1, 0.15) is 11.2 Å². The molecule has 3 rings (SSSR count). The second-order valence-corrected chi connectivity index (χ2v) is 6.33. The first-order valence-corrected chi connectivity index (χ1v) is 7.74. The van der Waals surface area contributed by atoms with E-state index < -0.39 is 23.2 Å². The van der Waals surface area contributed by atoms with Crippen molar-refractivity contribution in [1.29, 1.82) is 0 Å². The van der Waals surface area contributed by atoms with Crippen LogP contribution in [0.1, 0.15) is 41.4 Å². The van der Waals surface area contributed by atoms with Crippen LogP contribution in [0.4, 0.5) is 18.9 Å². The Kier molecular flexibility index (Phi) is 3.94. The first-order valence-electron chi connectivity index (χ1n) is 7.74. The molecule has 0 bridgehead atoms. The predicted molar refractivity (Wildman–Crippen MR) is 87.4 cm³/mol. The molecule has 2 aromatic carbocycles. The second kappa shape index (κ2) is 5.72. The van der Waals surface area contributed by atoms with Crippen LogP contribution in [0.15, 0.2) is 48.5 Å². The van der Waals surface area contributed by atoms with Gasteiger partial charge in [-0.15, -0.1) is 0 Å². The number of fused-ring (bicyclic) bond motifs is 1. The largest absolute Gasteiger partial charge is 0.416 e. The summed E-state index contributed by atoms with van der Waals surface area (Å²) in [7, 11) is 0. The Morgan fingerprint density at radius 1 is 1.08 bits per heavy atom. The van der Waals surface area contributed by atoms with Crippen LogP contribution in [0.25, 0.3) is 0 Å². The van der Waals surface area contributed by atoms with Crippen LogP contribution in [0.5, 0.6) is 0 Å². The molecule has 0 saturated heterocycles. The summed E-state index contributed by atoms with van der Waals surface area (Å²) in [5.74, 6) is -0.571. The van der Waals surface area contributed by atoms with Gasteiger partial charge in [-0.3, -0.25) is 9.59 Å². The predicted octanol–water partition coefficient (Wildman–Crippen LogP) is 4.65. The number of nitrogens with one attached hydrogen (secondary N) is 1. The number of ketones is 2. The highest BCUT2D eigenvalue weighted by molar-refractivity contribution is 6.18. The number of anilines is 1. The Morgan fingerprint density at radius 2 is 1.68 bits per heavy atom. The smallest absolute Gasteiger partial charge is 0.377 e. The highest BCUT2D eigenvalue weighted by Crippen LogP contribution is 2.47. The van der Waals surface area contributed by atoms with Crippen molar-refractivity contribution in [3.05, 3.63) is 65.2 Å². The van der Waals surface area contributed by atoms with Crippen molar-refractivity contribution in [2.24, 2.45) is 5.41 Å². The first-order chi connectivity index (χ1) is 11.7. The topological polar surface area (TPSA) is 46.2 Å². The fourth-order valence-electron chi connectivity index (χ4n) is 3.18. The van der Waals surface area contributed by atoms with Gasteiger partial charge < -0.3 is 5.32 Å². The van der Waals surface area contributed by atoms with Gasteiger partial charge in [0.05, 0.1) is 11.6 Å². The summed E-state index contributed by atoms with van der Waals surface area (Å²) in [5.41, 5.74) is -0.508. The van der Waals surface area contributed by atoms with Crippen LogP contribution in [0.2, 0.25) is 0 Å². The van der Waals surface area contributed by atoms with E-state index in [4.69, 9.17) is 0 Å². The number of hydrogen-bond donors (Lipinski definition) is 1. The minimum atomic E-state index is -4.41. The van der Waals surface area contributed by atoms with Gasteiger partial charge in [-0.05, 0) is 43.7 Å². The average Bonchev–Trinajstić information content (AvgIpc) is 2.78. The molecule has 2 atom stereocenters.